The summed E-state index contributed by atoms with van der Waals surface area (Å²) in [7, 11) is 0. The van der Waals surface area contributed by atoms with Crippen LogP contribution in [0.15, 0.2) is 41.7 Å². The molecule has 0 aliphatic carbocycles. The number of aliphatic imine (C=N–C) groups is 1. The highest BCUT2D eigenvalue weighted by molar-refractivity contribution is 8.13. The Kier molecular flexibility index (Phi) is 3.64. The second-order valence-electron chi connectivity index (χ2n) is 5.97. The number of nitrogens with two attached hydrogens (primary N) is 1. The maximum atomic E-state index is 13.3. The van der Waals surface area contributed by atoms with Gasteiger partial charge in [0, 0.05) is 18.2 Å². The number of amidine groups is 1. The predicted octanol–water partition coefficient (Wildman–Crippen LogP) is 2.15. The van der Waals surface area contributed by atoms with Gasteiger partial charge in [0.05, 0.1) is 18.9 Å². The average Bonchev–Trinajstić information content (AvgIpc) is 2.96. The number of rotatable bonds is 2. The van der Waals surface area contributed by atoms with Crippen molar-refractivity contribution in [2.75, 3.05) is 23.7 Å². The van der Waals surface area contributed by atoms with Gasteiger partial charge in [0.1, 0.15) is 11.4 Å². The minimum atomic E-state index is -0.555. The Morgan fingerprint density at radius 3 is 2.54 bits per heavy atom. The molecule has 0 spiro atoms. The summed E-state index contributed by atoms with van der Waals surface area (Å²) < 4.78 is 26.4. The first-order chi connectivity index (χ1) is 11.6. The van der Waals surface area contributed by atoms with Crippen molar-refractivity contribution in [3.63, 3.8) is 0 Å². The highest BCUT2D eigenvalue weighted by Gasteiger charge is 2.50. The van der Waals surface area contributed by atoms with E-state index in [4.69, 9.17) is 10.7 Å². The van der Waals surface area contributed by atoms with E-state index >= 15 is 0 Å². The van der Waals surface area contributed by atoms with Gasteiger partial charge in [0.25, 0.3) is 0 Å². The zero-order valence-corrected chi connectivity index (χ0v) is 13.5. The van der Waals surface area contributed by atoms with Crippen molar-refractivity contribution in [1.82, 2.24) is 9.97 Å². The number of benzene rings is 1. The van der Waals surface area contributed by atoms with Crippen LogP contribution in [0.1, 0.15) is 5.56 Å². The minimum absolute atomic E-state index is 0.189. The molecule has 0 amide bonds. The summed E-state index contributed by atoms with van der Waals surface area (Å²) >= 11 is 1.52. The highest BCUT2D eigenvalue weighted by atomic mass is 32.2. The average molecular weight is 347 g/mol. The van der Waals surface area contributed by atoms with E-state index in [1.165, 1.54) is 23.9 Å². The molecular weight excluding hydrogens is 332 g/mol. The molecule has 2 N–H and O–H groups in total. The van der Waals surface area contributed by atoms with Crippen LogP contribution < -0.4 is 10.6 Å². The van der Waals surface area contributed by atoms with Crippen LogP contribution in [0, 0.1) is 17.6 Å². The molecule has 124 valence electrons. The van der Waals surface area contributed by atoms with E-state index in [1.807, 2.05) is 4.90 Å². The van der Waals surface area contributed by atoms with Crippen molar-refractivity contribution >= 4 is 22.9 Å². The predicted molar refractivity (Wildman–Crippen MR) is 89.9 cm³/mol. The molecule has 8 heteroatoms. The van der Waals surface area contributed by atoms with E-state index in [0.29, 0.717) is 24.2 Å². The van der Waals surface area contributed by atoms with Gasteiger partial charge in [0.2, 0.25) is 5.95 Å². The number of hydrogen-bond donors (Lipinski definition) is 1. The summed E-state index contributed by atoms with van der Waals surface area (Å²) in [6.07, 6.45) is 2.31. The van der Waals surface area contributed by atoms with Crippen LogP contribution in [0.2, 0.25) is 0 Å². The van der Waals surface area contributed by atoms with Crippen molar-refractivity contribution in [3.05, 3.63) is 53.9 Å². The fraction of sp³-hybridized carbons (Fsp3) is 0.312. The fourth-order valence-electron chi connectivity index (χ4n) is 3.38. The van der Waals surface area contributed by atoms with Gasteiger partial charge in [0.15, 0.2) is 11.0 Å². The summed E-state index contributed by atoms with van der Waals surface area (Å²) in [6.45, 7) is 1.21. The van der Waals surface area contributed by atoms with E-state index in [1.54, 1.807) is 12.1 Å². The Labute approximate surface area is 142 Å². The molecule has 2 atom stereocenters. The third kappa shape index (κ3) is 2.50. The Morgan fingerprint density at radius 2 is 1.83 bits per heavy atom. The van der Waals surface area contributed by atoms with Crippen LogP contribution in [0.5, 0.6) is 0 Å². The molecule has 1 unspecified atom stereocenters. The van der Waals surface area contributed by atoms with E-state index in [2.05, 4.69) is 9.97 Å². The van der Waals surface area contributed by atoms with Gasteiger partial charge in [-0.1, -0.05) is 23.9 Å². The van der Waals surface area contributed by atoms with Crippen LogP contribution in [-0.2, 0) is 5.54 Å². The number of anilines is 1. The zero-order valence-electron chi connectivity index (χ0n) is 12.7. The maximum Gasteiger partial charge on any atom is 0.225 e. The zero-order chi connectivity index (χ0) is 16.7. The molecular formula is C16H15F2N5S. The van der Waals surface area contributed by atoms with Gasteiger partial charge in [-0.25, -0.2) is 23.7 Å². The molecule has 1 aromatic heterocycles. The molecule has 1 fully saturated rings. The number of hydrogen-bond acceptors (Lipinski definition) is 6. The van der Waals surface area contributed by atoms with Crippen molar-refractivity contribution < 1.29 is 8.78 Å². The van der Waals surface area contributed by atoms with E-state index < -0.39 is 11.4 Å². The smallest absolute Gasteiger partial charge is 0.225 e. The summed E-state index contributed by atoms with van der Waals surface area (Å²) in [5.41, 5.74) is 6.35. The van der Waals surface area contributed by atoms with Gasteiger partial charge < -0.3 is 10.6 Å². The standard InChI is InChI=1S/C16H15F2N5S/c17-12-3-1-10(2-4-12)16-9-23(15-20-5-13(18)6-21-15)7-11(16)8-24-14(19)22-16/h1-6,11H,7-9H2,(H2,19,22)/t11?,16-/m1/s1. The normalized spacial score (nSPS) is 26.2. The number of fused-ring (bicyclic) bond motifs is 1. The van der Waals surface area contributed by atoms with Gasteiger partial charge in [-0.2, -0.15) is 0 Å². The van der Waals surface area contributed by atoms with E-state index in [-0.39, 0.29) is 11.7 Å². The second-order valence-corrected chi connectivity index (χ2v) is 7.01. The largest absolute Gasteiger partial charge is 0.379 e. The Morgan fingerprint density at radius 1 is 1.12 bits per heavy atom. The van der Waals surface area contributed by atoms with Gasteiger partial charge in [-0.15, -0.1) is 0 Å². The molecule has 0 bridgehead atoms. The Balaban J connectivity index is 1.74. The molecule has 4 rings (SSSR count). The van der Waals surface area contributed by atoms with Crippen molar-refractivity contribution in [2.45, 2.75) is 5.54 Å². The first-order valence-corrected chi connectivity index (χ1v) is 8.52. The highest BCUT2D eigenvalue weighted by Crippen LogP contribution is 2.45. The minimum Gasteiger partial charge on any atom is -0.379 e. The third-order valence-corrected chi connectivity index (χ3v) is 5.48. The number of halogens is 2. The number of nitrogens with zero attached hydrogens (tertiary/aromatic N) is 4. The van der Waals surface area contributed by atoms with Gasteiger partial charge in [-0.05, 0) is 17.7 Å². The molecule has 3 heterocycles. The maximum absolute atomic E-state index is 13.3. The quantitative estimate of drug-likeness (QED) is 0.902. The molecule has 2 aromatic rings. The fourth-order valence-corrected chi connectivity index (χ4v) is 4.37. The van der Waals surface area contributed by atoms with Crippen molar-refractivity contribution in [3.8, 4) is 0 Å². The Hall–Kier alpha value is -2.22. The van der Waals surface area contributed by atoms with Crippen LogP contribution in [0.4, 0.5) is 14.7 Å². The molecule has 2 aliphatic heterocycles. The molecule has 1 aromatic carbocycles. The lowest BCUT2D eigenvalue weighted by atomic mass is 9.82. The lowest BCUT2D eigenvalue weighted by Gasteiger charge is -2.34. The van der Waals surface area contributed by atoms with Gasteiger partial charge in [-0.3, -0.25) is 0 Å². The van der Waals surface area contributed by atoms with Gasteiger partial charge >= 0.3 is 0 Å². The monoisotopic (exact) mass is 347 g/mol. The molecule has 24 heavy (non-hydrogen) atoms. The topological polar surface area (TPSA) is 67.4 Å². The SMILES string of the molecule is NC1=N[C@@]2(c3ccc(F)cc3)CN(c3ncc(F)cn3)CC2CS1. The molecule has 0 saturated carbocycles. The van der Waals surface area contributed by atoms with E-state index in [9.17, 15) is 8.78 Å². The van der Waals surface area contributed by atoms with Crippen LogP contribution in [0.3, 0.4) is 0 Å². The first kappa shape index (κ1) is 15.3. The van der Waals surface area contributed by atoms with Crippen molar-refractivity contribution in [1.29, 1.82) is 0 Å². The third-order valence-electron chi connectivity index (χ3n) is 4.52. The summed E-state index contributed by atoms with van der Waals surface area (Å²) in [5.74, 6) is 0.705. The summed E-state index contributed by atoms with van der Waals surface area (Å²) in [4.78, 5) is 14.9. The lowest BCUT2D eigenvalue weighted by molar-refractivity contribution is 0.387. The first-order valence-electron chi connectivity index (χ1n) is 7.53. The number of thioether (sulfide) groups is 1. The van der Waals surface area contributed by atoms with E-state index in [0.717, 1.165) is 23.7 Å². The molecule has 5 nitrogen and oxygen atoms in total. The molecule has 1 saturated heterocycles. The molecule has 0 radical (unpaired) electrons. The second kappa shape index (κ2) is 5.70. The summed E-state index contributed by atoms with van der Waals surface area (Å²) in [5, 5.41) is 0.525. The van der Waals surface area contributed by atoms with Crippen LogP contribution in [-0.4, -0.2) is 34.0 Å². The van der Waals surface area contributed by atoms with Crippen LogP contribution in [0.25, 0.3) is 0 Å². The van der Waals surface area contributed by atoms with Crippen LogP contribution >= 0.6 is 11.8 Å². The summed E-state index contributed by atoms with van der Waals surface area (Å²) in [6, 6.07) is 6.38. The molecule has 2 aliphatic rings. The number of aromatic nitrogens is 2. The lowest BCUT2D eigenvalue weighted by Crippen LogP contribution is -2.40. The van der Waals surface area contributed by atoms with Crippen molar-refractivity contribution in [2.24, 2.45) is 16.6 Å². The Bertz CT molecular complexity index is 780.